The average Bonchev–Trinajstić information content (AvgIpc) is 2.70. The van der Waals surface area contributed by atoms with Crippen molar-refractivity contribution >= 4 is 8.41 Å². The van der Waals surface area contributed by atoms with Crippen LogP contribution >= 0.6 is 0 Å². The van der Waals surface area contributed by atoms with Gasteiger partial charge in [0.15, 0.2) is 0 Å². The van der Waals surface area contributed by atoms with Crippen LogP contribution in [-0.2, 0) is 0 Å². The maximum atomic E-state index is 11.2. The molecule has 0 aromatic carbocycles. The van der Waals surface area contributed by atoms with Gasteiger partial charge in [0.25, 0.3) is 0 Å². The summed E-state index contributed by atoms with van der Waals surface area (Å²) in [5.74, 6) is 2.10. The van der Waals surface area contributed by atoms with Gasteiger partial charge in [-0.15, -0.1) is 0 Å². The molecule has 0 aromatic heterocycles. The van der Waals surface area contributed by atoms with Crippen LogP contribution in [0.4, 0.5) is 0 Å². The van der Waals surface area contributed by atoms with Crippen molar-refractivity contribution in [2.75, 3.05) is 13.1 Å². The van der Waals surface area contributed by atoms with Gasteiger partial charge >= 0.3 is 0 Å². The van der Waals surface area contributed by atoms with Crippen LogP contribution in [-0.4, -0.2) is 42.6 Å². The molecule has 1 aliphatic carbocycles. The van der Waals surface area contributed by atoms with E-state index in [4.69, 9.17) is 0 Å². The topological polar surface area (TPSA) is 23.5 Å². The van der Waals surface area contributed by atoms with Crippen LogP contribution in [0.25, 0.3) is 0 Å². The summed E-state index contributed by atoms with van der Waals surface area (Å²) < 4.78 is 0. The molecule has 2 heterocycles. The van der Waals surface area contributed by atoms with Crippen molar-refractivity contribution < 1.29 is 5.11 Å². The van der Waals surface area contributed by atoms with E-state index in [9.17, 15) is 5.11 Å². The van der Waals surface area contributed by atoms with Gasteiger partial charge < -0.3 is 5.11 Å². The van der Waals surface area contributed by atoms with Crippen LogP contribution in [0.5, 0.6) is 0 Å². The van der Waals surface area contributed by atoms with Gasteiger partial charge in [0.2, 0.25) is 0 Å². The number of rotatable bonds is 0. The van der Waals surface area contributed by atoms with Crippen molar-refractivity contribution in [3.8, 4) is 0 Å². The Bertz CT molecular complexity index is 353. The molecule has 18 heavy (non-hydrogen) atoms. The zero-order chi connectivity index (χ0) is 12.6. The fraction of sp³-hybridized carbons (Fsp3) is 1.00. The van der Waals surface area contributed by atoms with Gasteiger partial charge in [-0.25, -0.2) is 0 Å². The van der Waals surface area contributed by atoms with Gasteiger partial charge in [-0.3, -0.25) is 4.90 Å². The molecule has 2 saturated heterocycles. The van der Waals surface area contributed by atoms with E-state index in [-0.39, 0.29) is 19.4 Å². The third kappa shape index (κ3) is 1.38. The number of hydrogen-bond acceptors (Lipinski definition) is 2. The minimum absolute atomic E-state index is 0. The van der Waals surface area contributed by atoms with E-state index in [1.165, 1.54) is 19.4 Å². The van der Waals surface area contributed by atoms with E-state index >= 15 is 0 Å². The molecule has 3 heteroatoms. The Kier molecular flexibility index (Phi) is 3.01. The first-order valence-corrected chi connectivity index (χ1v) is 7.18. The van der Waals surface area contributed by atoms with E-state index in [1.807, 2.05) is 0 Å². The lowest BCUT2D eigenvalue weighted by Gasteiger charge is -2.43. The first-order valence-electron chi connectivity index (χ1n) is 7.18. The molecule has 3 rings (SSSR count). The van der Waals surface area contributed by atoms with Gasteiger partial charge in [-0.1, -0.05) is 27.7 Å². The molecule has 0 bridgehead atoms. The molecule has 0 unspecified atom stereocenters. The third-order valence-corrected chi connectivity index (χ3v) is 6.41. The van der Waals surface area contributed by atoms with Crippen molar-refractivity contribution in [3.05, 3.63) is 0 Å². The predicted octanol–water partition coefficient (Wildman–Crippen LogP) is 2.13. The summed E-state index contributed by atoms with van der Waals surface area (Å²) in [4.78, 5) is 2.60. The Morgan fingerprint density at radius 1 is 1.22 bits per heavy atom. The predicted molar refractivity (Wildman–Crippen MR) is 75.5 cm³/mol. The van der Waals surface area contributed by atoms with E-state index in [0.29, 0.717) is 5.92 Å². The SMILES string of the molecule is C[C@@H]1CN2C[C@](O)(C(C)(C)C)[C@H]3CC[C@@H]1[C@]32C.[B]. The Hall–Kier alpha value is -0.0151. The summed E-state index contributed by atoms with van der Waals surface area (Å²) in [6, 6.07) is 0. The van der Waals surface area contributed by atoms with Gasteiger partial charge in [0.05, 0.1) is 5.60 Å². The molecule has 1 N–H and O–H groups in total. The normalized spacial score (nSPS) is 51.3. The number of hydrogen-bond donors (Lipinski definition) is 1. The lowest BCUT2D eigenvalue weighted by Crippen LogP contribution is -2.51. The second-order valence-corrected chi connectivity index (χ2v) is 7.99. The molecule has 101 valence electrons. The number of aliphatic hydroxyl groups is 1. The molecular weight excluding hydrogens is 221 g/mol. The average molecular weight is 248 g/mol. The van der Waals surface area contributed by atoms with Crippen molar-refractivity contribution in [2.24, 2.45) is 23.2 Å². The first kappa shape index (κ1) is 14.4. The summed E-state index contributed by atoms with van der Waals surface area (Å²) in [6.07, 6.45) is 2.53. The van der Waals surface area contributed by atoms with Crippen molar-refractivity contribution in [1.29, 1.82) is 0 Å². The highest BCUT2D eigenvalue weighted by Crippen LogP contribution is 2.63. The molecule has 0 aromatic rings. The second-order valence-electron chi connectivity index (χ2n) is 7.99. The Morgan fingerprint density at radius 2 is 1.83 bits per heavy atom. The van der Waals surface area contributed by atoms with E-state index < -0.39 is 5.60 Å². The van der Waals surface area contributed by atoms with E-state index in [2.05, 4.69) is 39.5 Å². The maximum absolute atomic E-state index is 11.2. The lowest BCUT2D eigenvalue weighted by atomic mass is 9.66. The van der Waals surface area contributed by atoms with E-state index in [1.54, 1.807) is 0 Å². The van der Waals surface area contributed by atoms with Gasteiger partial charge in [0, 0.05) is 33.0 Å². The smallest absolute Gasteiger partial charge is 0.0867 e. The Balaban J connectivity index is 0.00000120. The summed E-state index contributed by atoms with van der Waals surface area (Å²) in [5, 5.41) is 11.2. The van der Waals surface area contributed by atoms with E-state index in [0.717, 1.165) is 18.4 Å². The molecule has 2 nitrogen and oxygen atoms in total. The van der Waals surface area contributed by atoms with Gasteiger partial charge in [-0.2, -0.15) is 0 Å². The minimum atomic E-state index is -0.489. The largest absolute Gasteiger partial charge is 0.388 e. The molecule has 3 aliphatic rings. The number of β-amino-alcohol motifs (C(OH)–C–C–N with tert-alkyl or cyclic N) is 1. The highest BCUT2D eigenvalue weighted by atomic mass is 16.3. The molecule has 0 amide bonds. The van der Waals surface area contributed by atoms with Crippen molar-refractivity contribution in [1.82, 2.24) is 4.90 Å². The summed E-state index contributed by atoms with van der Waals surface area (Å²) in [6.45, 7) is 13.5. The molecular formula is C15H27BNO. The van der Waals surface area contributed by atoms with Crippen LogP contribution in [0.1, 0.15) is 47.5 Å². The van der Waals surface area contributed by atoms with Gasteiger partial charge in [-0.05, 0) is 37.0 Å². The monoisotopic (exact) mass is 248 g/mol. The Morgan fingerprint density at radius 3 is 2.39 bits per heavy atom. The standard InChI is InChI=1S/C15H27NO.B/c1-10-8-16-9-15(17,13(2,3)4)12-7-6-11(10)14(12,16)5;/h10-12,17H,6-9H2,1-5H3;/t10-,11+,12+,14-,15-;/m1./s1. The molecule has 2 aliphatic heterocycles. The first-order chi connectivity index (χ1) is 7.71. The summed E-state index contributed by atoms with van der Waals surface area (Å²) in [7, 11) is 0. The Labute approximate surface area is 114 Å². The lowest BCUT2D eigenvalue weighted by molar-refractivity contribution is -0.0852. The quantitative estimate of drug-likeness (QED) is 0.664. The molecule has 3 radical (unpaired) electrons. The number of nitrogens with zero attached hydrogens (tertiary/aromatic N) is 1. The van der Waals surface area contributed by atoms with Crippen LogP contribution in [0.15, 0.2) is 0 Å². The van der Waals surface area contributed by atoms with Crippen LogP contribution in [0.3, 0.4) is 0 Å². The fourth-order valence-electron chi connectivity index (χ4n) is 5.29. The molecule has 3 fully saturated rings. The van der Waals surface area contributed by atoms with Crippen LogP contribution in [0, 0.1) is 23.2 Å². The van der Waals surface area contributed by atoms with Crippen LogP contribution < -0.4 is 0 Å². The maximum Gasteiger partial charge on any atom is 0.0867 e. The van der Waals surface area contributed by atoms with Crippen molar-refractivity contribution in [3.63, 3.8) is 0 Å². The zero-order valence-corrected chi connectivity index (χ0v) is 12.5. The third-order valence-electron chi connectivity index (χ3n) is 6.41. The minimum Gasteiger partial charge on any atom is -0.388 e. The zero-order valence-electron chi connectivity index (χ0n) is 12.5. The molecule has 1 saturated carbocycles. The van der Waals surface area contributed by atoms with Crippen LogP contribution in [0.2, 0.25) is 0 Å². The second kappa shape index (κ2) is 3.76. The molecule has 0 spiro atoms. The summed E-state index contributed by atoms with van der Waals surface area (Å²) in [5.41, 5.74) is -0.221. The highest BCUT2D eigenvalue weighted by Gasteiger charge is 2.70. The van der Waals surface area contributed by atoms with Gasteiger partial charge in [0.1, 0.15) is 0 Å². The van der Waals surface area contributed by atoms with Crippen molar-refractivity contribution in [2.45, 2.75) is 58.6 Å². The summed E-state index contributed by atoms with van der Waals surface area (Å²) >= 11 is 0. The molecule has 5 atom stereocenters. The fourth-order valence-corrected chi connectivity index (χ4v) is 5.29. The highest BCUT2D eigenvalue weighted by molar-refractivity contribution is 5.75.